The Hall–Kier alpha value is -0.640. The van der Waals surface area contributed by atoms with E-state index in [1.165, 1.54) is 12.1 Å². The standard InChI is InChI=1S/C13H18BrF2N/c1-4-5-9(2)17(3)13-11(15)6-10(8-14)7-12(13)16/h6-7,9H,4-5,8H2,1-3H3. The van der Waals surface area contributed by atoms with Crippen LogP contribution in [-0.4, -0.2) is 13.1 Å². The van der Waals surface area contributed by atoms with Gasteiger partial charge in [-0.15, -0.1) is 0 Å². The van der Waals surface area contributed by atoms with E-state index in [0.717, 1.165) is 12.8 Å². The summed E-state index contributed by atoms with van der Waals surface area (Å²) >= 11 is 3.19. The lowest BCUT2D eigenvalue weighted by molar-refractivity contribution is 0.546. The predicted molar refractivity (Wildman–Crippen MR) is 71.8 cm³/mol. The fraction of sp³-hybridized carbons (Fsp3) is 0.538. The summed E-state index contributed by atoms with van der Waals surface area (Å²) in [5, 5.41) is 0.454. The van der Waals surface area contributed by atoms with Gasteiger partial charge in [0.1, 0.15) is 17.3 Å². The molecule has 1 aromatic rings. The van der Waals surface area contributed by atoms with Crippen molar-refractivity contribution in [2.45, 2.75) is 38.1 Å². The number of alkyl halides is 1. The number of nitrogens with zero attached hydrogens (tertiary/aromatic N) is 1. The molecule has 0 aliphatic heterocycles. The van der Waals surface area contributed by atoms with Gasteiger partial charge in [0, 0.05) is 18.4 Å². The summed E-state index contributed by atoms with van der Waals surface area (Å²) in [6.07, 6.45) is 1.91. The van der Waals surface area contributed by atoms with Crippen molar-refractivity contribution in [2.24, 2.45) is 0 Å². The van der Waals surface area contributed by atoms with Crippen molar-refractivity contribution < 1.29 is 8.78 Å². The second kappa shape index (κ2) is 6.34. The molecule has 0 bridgehead atoms. The quantitative estimate of drug-likeness (QED) is 0.725. The molecule has 1 nitrogen and oxygen atoms in total. The zero-order valence-electron chi connectivity index (χ0n) is 10.4. The van der Waals surface area contributed by atoms with Gasteiger partial charge in [0.05, 0.1) is 0 Å². The van der Waals surface area contributed by atoms with Crippen LogP contribution in [0.15, 0.2) is 12.1 Å². The Morgan fingerprint density at radius 1 is 1.29 bits per heavy atom. The van der Waals surface area contributed by atoms with E-state index in [1.807, 2.05) is 6.92 Å². The van der Waals surface area contributed by atoms with Crippen LogP contribution in [0, 0.1) is 11.6 Å². The number of halogens is 3. The molecule has 0 fully saturated rings. The van der Waals surface area contributed by atoms with Crippen molar-refractivity contribution in [2.75, 3.05) is 11.9 Å². The molecule has 0 aliphatic rings. The van der Waals surface area contributed by atoms with E-state index < -0.39 is 11.6 Å². The smallest absolute Gasteiger partial charge is 0.149 e. The molecule has 0 N–H and O–H groups in total. The Kier molecular flexibility index (Phi) is 5.37. The third-order valence-electron chi connectivity index (χ3n) is 2.95. The number of hydrogen-bond acceptors (Lipinski definition) is 1. The van der Waals surface area contributed by atoms with E-state index in [1.54, 1.807) is 11.9 Å². The SMILES string of the molecule is CCCC(C)N(C)c1c(F)cc(CBr)cc1F. The van der Waals surface area contributed by atoms with Crippen LogP contribution < -0.4 is 4.90 Å². The second-order valence-corrected chi connectivity index (χ2v) is 4.85. The molecule has 0 saturated carbocycles. The molecule has 4 heteroatoms. The Morgan fingerprint density at radius 2 is 1.82 bits per heavy atom. The first-order valence-corrected chi connectivity index (χ1v) is 6.90. The number of hydrogen-bond donors (Lipinski definition) is 0. The maximum atomic E-state index is 13.8. The summed E-state index contributed by atoms with van der Waals surface area (Å²) in [7, 11) is 1.73. The van der Waals surface area contributed by atoms with Crippen molar-refractivity contribution >= 4 is 21.6 Å². The minimum atomic E-state index is -0.495. The Balaban J connectivity index is 3.05. The minimum Gasteiger partial charge on any atom is -0.367 e. The zero-order valence-corrected chi connectivity index (χ0v) is 12.0. The Morgan fingerprint density at radius 3 is 2.24 bits per heavy atom. The maximum Gasteiger partial charge on any atom is 0.149 e. The van der Waals surface area contributed by atoms with Crippen LogP contribution in [-0.2, 0) is 5.33 Å². The Labute approximate surface area is 110 Å². The molecule has 0 heterocycles. The first-order chi connectivity index (χ1) is 8.01. The lowest BCUT2D eigenvalue weighted by atomic mass is 10.1. The highest BCUT2D eigenvalue weighted by Crippen LogP contribution is 2.27. The van der Waals surface area contributed by atoms with E-state index in [4.69, 9.17) is 0 Å². The maximum absolute atomic E-state index is 13.8. The lowest BCUT2D eigenvalue weighted by Gasteiger charge is -2.27. The van der Waals surface area contributed by atoms with Crippen LogP contribution in [0.1, 0.15) is 32.3 Å². The largest absolute Gasteiger partial charge is 0.367 e. The van der Waals surface area contributed by atoms with Gasteiger partial charge in [-0.2, -0.15) is 0 Å². The van der Waals surface area contributed by atoms with Gasteiger partial charge < -0.3 is 4.90 Å². The highest BCUT2D eigenvalue weighted by molar-refractivity contribution is 9.08. The van der Waals surface area contributed by atoms with E-state index >= 15 is 0 Å². The van der Waals surface area contributed by atoms with E-state index in [2.05, 4.69) is 22.9 Å². The molecular weight excluding hydrogens is 288 g/mol. The molecule has 0 radical (unpaired) electrons. The summed E-state index contributed by atoms with van der Waals surface area (Å²) in [5.74, 6) is -0.991. The summed E-state index contributed by atoms with van der Waals surface area (Å²) in [5.41, 5.74) is 0.677. The highest BCUT2D eigenvalue weighted by Gasteiger charge is 2.18. The van der Waals surface area contributed by atoms with Crippen molar-refractivity contribution in [1.82, 2.24) is 0 Å². The monoisotopic (exact) mass is 305 g/mol. The Bertz CT molecular complexity index is 359. The van der Waals surface area contributed by atoms with Crippen molar-refractivity contribution in [3.63, 3.8) is 0 Å². The lowest BCUT2D eigenvalue weighted by Crippen LogP contribution is -2.30. The summed E-state index contributed by atoms with van der Waals surface area (Å²) < 4.78 is 27.7. The van der Waals surface area contributed by atoms with Crippen molar-refractivity contribution in [3.05, 3.63) is 29.3 Å². The molecule has 0 aromatic heterocycles. The molecule has 0 saturated heterocycles. The van der Waals surface area contributed by atoms with Crippen LogP contribution in [0.4, 0.5) is 14.5 Å². The zero-order chi connectivity index (χ0) is 13.0. The van der Waals surface area contributed by atoms with Gasteiger partial charge in [-0.05, 0) is 31.0 Å². The normalized spacial score (nSPS) is 12.6. The molecule has 1 atom stereocenters. The highest BCUT2D eigenvalue weighted by atomic mass is 79.9. The van der Waals surface area contributed by atoms with E-state index in [0.29, 0.717) is 10.9 Å². The molecule has 1 rings (SSSR count). The molecule has 96 valence electrons. The molecule has 0 amide bonds. The van der Waals surface area contributed by atoms with Crippen LogP contribution in [0.5, 0.6) is 0 Å². The predicted octanol–water partition coefficient (Wildman–Crippen LogP) is 4.48. The molecule has 0 spiro atoms. The van der Waals surface area contributed by atoms with Gasteiger partial charge in [-0.3, -0.25) is 0 Å². The average Bonchev–Trinajstić information content (AvgIpc) is 2.28. The van der Waals surface area contributed by atoms with Crippen LogP contribution in [0.25, 0.3) is 0 Å². The molecule has 1 unspecified atom stereocenters. The van der Waals surface area contributed by atoms with Gasteiger partial charge in [0.25, 0.3) is 0 Å². The topological polar surface area (TPSA) is 3.24 Å². The van der Waals surface area contributed by atoms with Crippen LogP contribution in [0.2, 0.25) is 0 Å². The third-order valence-corrected chi connectivity index (χ3v) is 3.60. The fourth-order valence-electron chi connectivity index (χ4n) is 1.86. The first kappa shape index (κ1) is 14.4. The number of benzene rings is 1. The average molecular weight is 306 g/mol. The number of anilines is 1. The summed E-state index contributed by atoms with van der Waals surface area (Å²) in [6, 6.07) is 2.88. The minimum absolute atomic E-state index is 0.0654. The molecule has 17 heavy (non-hydrogen) atoms. The summed E-state index contributed by atoms with van der Waals surface area (Å²) in [6.45, 7) is 4.03. The van der Waals surface area contributed by atoms with E-state index in [9.17, 15) is 8.78 Å². The van der Waals surface area contributed by atoms with Crippen LogP contribution >= 0.6 is 15.9 Å². The number of rotatable bonds is 5. The van der Waals surface area contributed by atoms with Crippen LogP contribution in [0.3, 0.4) is 0 Å². The first-order valence-electron chi connectivity index (χ1n) is 5.78. The van der Waals surface area contributed by atoms with Gasteiger partial charge in [0.2, 0.25) is 0 Å². The fourth-order valence-corrected chi connectivity index (χ4v) is 2.19. The summed E-state index contributed by atoms with van der Waals surface area (Å²) in [4.78, 5) is 1.67. The third kappa shape index (κ3) is 3.41. The van der Waals surface area contributed by atoms with Gasteiger partial charge in [-0.1, -0.05) is 29.3 Å². The second-order valence-electron chi connectivity index (χ2n) is 4.29. The van der Waals surface area contributed by atoms with E-state index in [-0.39, 0.29) is 11.7 Å². The van der Waals surface area contributed by atoms with Gasteiger partial charge in [-0.25, -0.2) is 8.78 Å². The molecule has 1 aromatic carbocycles. The van der Waals surface area contributed by atoms with Gasteiger partial charge >= 0.3 is 0 Å². The molecule has 0 aliphatic carbocycles. The molecular formula is C13H18BrF2N. The van der Waals surface area contributed by atoms with Gasteiger partial charge in [0.15, 0.2) is 0 Å². The van der Waals surface area contributed by atoms with Crippen molar-refractivity contribution in [1.29, 1.82) is 0 Å². The van der Waals surface area contributed by atoms with Crippen molar-refractivity contribution in [3.8, 4) is 0 Å².